The molecule has 0 aromatic heterocycles. The molecule has 3 N–H and O–H groups in total. The summed E-state index contributed by atoms with van der Waals surface area (Å²) in [5, 5.41) is 6.41. The molecule has 1 saturated carbocycles. The first-order chi connectivity index (χ1) is 12.6. The second-order valence-corrected chi connectivity index (χ2v) is 10.5. The molecule has 3 rings (SSSR count). The van der Waals surface area contributed by atoms with Crippen molar-refractivity contribution in [2.45, 2.75) is 63.4 Å². The Bertz CT molecular complexity index is 807. The highest BCUT2D eigenvalue weighted by Crippen LogP contribution is 2.43. The highest BCUT2D eigenvalue weighted by atomic mass is 35.5. The van der Waals surface area contributed by atoms with Gasteiger partial charge >= 0.3 is 0 Å². The third kappa shape index (κ3) is 4.87. The Labute approximate surface area is 174 Å². The van der Waals surface area contributed by atoms with Crippen LogP contribution in [-0.2, 0) is 21.4 Å². The van der Waals surface area contributed by atoms with Crippen LogP contribution in [0.1, 0.15) is 52.0 Å². The number of benzene rings is 1. The molecule has 2 aliphatic rings. The summed E-state index contributed by atoms with van der Waals surface area (Å²) < 4.78 is 28.2. The van der Waals surface area contributed by atoms with E-state index in [0.717, 1.165) is 32.4 Å². The SMILES string of the molecule is CC(C)(C)NS(=O)(=O)c1ccccc1CNC(=O)[C@@]12CCCC[C@H]1CNC2.Cl. The predicted octanol–water partition coefficient (Wildman–Crippen LogP) is 2.58. The molecule has 0 bridgehead atoms. The largest absolute Gasteiger partial charge is 0.351 e. The van der Waals surface area contributed by atoms with E-state index < -0.39 is 15.6 Å². The Morgan fingerprint density at radius 3 is 2.68 bits per heavy atom. The van der Waals surface area contributed by atoms with Crippen molar-refractivity contribution >= 4 is 28.3 Å². The van der Waals surface area contributed by atoms with E-state index in [1.54, 1.807) is 24.3 Å². The molecule has 1 aliphatic heterocycles. The van der Waals surface area contributed by atoms with E-state index in [1.165, 1.54) is 6.42 Å². The normalized spacial score (nSPS) is 24.9. The van der Waals surface area contributed by atoms with Crippen molar-refractivity contribution in [1.82, 2.24) is 15.4 Å². The molecule has 2 atom stereocenters. The van der Waals surface area contributed by atoms with Crippen molar-refractivity contribution in [2.75, 3.05) is 13.1 Å². The van der Waals surface area contributed by atoms with Crippen LogP contribution in [0, 0.1) is 11.3 Å². The fourth-order valence-electron chi connectivity index (χ4n) is 4.41. The zero-order valence-corrected chi connectivity index (χ0v) is 18.5. The van der Waals surface area contributed by atoms with Gasteiger partial charge in [0.05, 0.1) is 10.3 Å². The molecule has 0 unspecified atom stereocenters. The first-order valence-electron chi connectivity index (χ1n) is 9.75. The number of fused-ring (bicyclic) bond motifs is 1. The Kier molecular flexibility index (Phi) is 7.18. The molecule has 0 radical (unpaired) electrons. The van der Waals surface area contributed by atoms with E-state index in [-0.39, 0.29) is 35.2 Å². The Hall–Kier alpha value is -1.15. The molecule has 1 heterocycles. The number of hydrogen-bond acceptors (Lipinski definition) is 4. The number of nitrogens with one attached hydrogen (secondary N) is 3. The predicted molar refractivity (Wildman–Crippen MR) is 113 cm³/mol. The lowest BCUT2D eigenvalue weighted by atomic mass is 9.67. The Morgan fingerprint density at radius 1 is 1.25 bits per heavy atom. The van der Waals surface area contributed by atoms with Crippen molar-refractivity contribution in [3.05, 3.63) is 29.8 Å². The van der Waals surface area contributed by atoms with Crippen LogP contribution in [0.4, 0.5) is 0 Å². The van der Waals surface area contributed by atoms with Gasteiger partial charge in [-0.25, -0.2) is 13.1 Å². The van der Waals surface area contributed by atoms with Crippen LogP contribution < -0.4 is 15.4 Å². The van der Waals surface area contributed by atoms with E-state index in [2.05, 4.69) is 15.4 Å². The molecule has 1 aromatic rings. The van der Waals surface area contributed by atoms with E-state index >= 15 is 0 Å². The summed E-state index contributed by atoms with van der Waals surface area (Å²) in [6.07, 6.45) is 4.25. The second-order valence-electron chi connectivity index (χ2n) is 8.88. The second kappa shape index (κ2) is 8.69. The molecule has 1 amide bonds. The van der Waals surface area contributed by atoms with Crippen LogP contribution in [0.2, 0.25) is 0 Å². The van der Waals surface area contributed by atoms with Gasteiger partial charge in [0.1, 0.15) is 0 Å². The third-order valence-corrected chi connectivity index (χ3v) is 7.49. The van der Waals surface area contributed by atoms with Crippen LogP contribution >= 0.6 is 12.4 Å². The maximum atomic E-state index is 13.0. The molecule has 6 nitrogen and oxygen atoms in total. The number of amides is 1. The van der Waals surface area contributed by atoms with E-state index in [4.69, 9.17) is 0 Å². The van der Waals surface area contributed by atoms with Gasteiger partial charge in [-0.15, -0.1) is 12.4 Å². The lowest BCUT2D eigenvalue weighted by molar-refractivity contribution is -0.134. The zero-order chi connectivity index (χ0) is 19.7. The summed E-state index contributed by atoms with van der Waals surface area (Å²) in [4.78, 5) is 13.3. The summed E-state index contributed by atoms with van der Waals surface area (Å²) in [6, 6.07) is 6.87. The van der Waals surface area contributed by atoms with Crippen molar-refractivity contribution in [2.24, 2.45) is 11.3 Å². The lowest BCUT2D eigenvalue weighted by Crippen LogP contribution is -2.47. The molecular weight excluding hydrogens is 398 g/mol. The van der Waals surface area contributed by atoms with Crippen molar-refractivity contribution in [3.8, 4) is 0 Å². The number of carbonyl (C=O) groups is 1. The number of halogens is 1. The first kappa shape index (κ1) is 23.1. The molecule has 2 fully saturated rings. The molecule has 1 aliphatic carbocycles. The highest BCUT2D eigenvalue weighted by Gasteiger charge is 2.49. The summed E-state index contributed by atoms with van der Waals surface area (Å²) in [5.74, 6) is 0.431. The van der Waals surface area contributed by atoms with Crippen molar-refractivity contribution in [3.63, 3.8) is 0 Å². The van der Waals surface area contributed by atoms with E-state index in [9.17, 15) is 13.2 Å². The molecule has 1 saturated heterocycles. The number of sulfonamides is 1. The van der Waals surface area contributed by atoms with Gasteiger partial charge in [0.15, 0.2) is 0 Å². The summed E-state index contributed by atoms with van der Waals surface area (Å²) in [7, 11) is -3.65. The summed E-state index contributed by atoms with van der Waals surface area (Å²) in [5.41, 5.74) is -0.299. The van der Waals surface area contributed by atoms with Crippen LogP contribution in [0.25, 0.3) is 0 Å². The van der Waals surface area contributed by atoms with Crippen LogP contribution in [0.3, 0.4) is 0 Å². The third-order valence-electron chi connectivity index (χ3n) is 5.63. The average molecular weight is 430 g/mol. The van der Waals surface area contributed by atoms with Crippen molar-refractivity contribution < 1.29 is 13.2 Å². The Morgan fingerprint density at radius 2 is 1.96 bits per heavy atom. The van der Waals surface area contributed by atoms with Crippen molar-refractivity contribution in [1.29, 1.82) is 0 Å². The monoisotopic (exact) mass is 429 g/mol. The topological polar surface area (TPSA) is 87.3 Å². The van der Waals surface area contributed by atoms with E-state index in [0.29, 0.717) is 11.5 Å². The lowest BCUT2D eigenvalue weighted by Gasteiger charge is -2.37. The van der Waals surface area contributed by atoms with Gasteiger partial charge in [-0.2, -0.15) is 0 Å². The number of carbonyl (C=O) groups excluding carboxylic acids is 1. The molecule has 1 aromatic carbocycles. The van der Waals surface area contributed by atoms with E-state index in [1.807, 2.05) is 20.8 Å². The minimum absolute atomic E-state index is 0. The average Bonchev–Trinajstić information content (AvgIpc) is 3.03. The quantitative estimate of drug-likeness (QED) is 0.671. The molecule has 0 spiro atoms. The minimum atomic E-state index is -3.65. The van der Waals surface area contributed by atoms with Gasteiger partial charge in [-0.1, -0.05) is 31.0 Å². The van der Waals surface area contributed by atoms with Crippen LogP contribution in [0.5, 0.6) is 0 Å². The molecule has 28 heavy (non-hydrogen) atoms. The van der Waals surface area contributed by atoms with Gasteiger partial charge in [0.25, 0.3) is 0 Å². The Balaban J connectivity index is 0.00000280. The molecular formula is C20H32ClN3O3S. The number of hydrogen-bond donors (Lipinski definition) is 3. The van der Waals surface area contributed by atoms with Gasteiger partial charge in [0.2, 0.25) is 15.9 Å². The van der Waals surface area contributed by atoms with Gasteiger partial charge < -0.3 is 10.6 Å². The smallest absolute Gasteiger partial charge is 0.241 e. The summed E-state index contributed by atoms with van der Waals surface area (Å²) in [6.45, 7) is 7.26. The fourth-order valence-corrected chi connectivity index (χ4v) is 6.07. The van der Waals surface area contributed by atoms with Gasteiger partial charge in [0, 0.05) is 18.6 Å². The van der Waals surface area contributed by atoms with Gasteiger partial charge in [-0.3, -0.25) is 4.79 Å². The van der Waals surface area contributed by atoms with Crippen LogP contribution in [-0.4, -0.2) is 33.0 Å². The van der Waals surface area contributed by atoms with Crippen LogP contribution in [0.15, 0.2) is 29.2 Å². The maximum absolute atomic E-state index is 13.0. The number of rotatable bonds is 5. The standard InChI is InChI=1S/C20H31N3O3S.ClH/c1-19(2,3)23-27(25,26)17-10-5-4-8-15(17)12-22-18(24)20-11-7-6-9-16(20)13-21-14-20;/h4-5,8,10,16,21,23H,6-7,9,11-14H2,1-3H3,(H,22,24);1H/t16-,20+;/m0./s1. The zero-order valence-electron chi connectivity index (χ0n) is 16.9. The maximum Gasteiger partial charge on any atom is 0.241 e. The molecule has 8 heteroatoms. The highest BCUT2D eigenvalue weighted by molar-refractivity contribution is 7.89. The first-order valence-corrected chi connectivity index (χ1v) is 11.2. The minimum Gasteiger partial charge on any atom is -0.351 e. The molecule has 158 valence electrons. The fraction of sp³-hybridized carbons (Fsp3) is 0.650. The van der Waals surface area contributed by atoms with Gasteiger partial charge in [-0.05, 0) is 57.7 Å². The summed E-state index contributed by atoms with van der Waals surface area (Å²) >= 11 is 0.